The Morgan fingerprint density at radius 2 is 2.21 bits per heavy atom. The van der Waals surface area contributed by atoms with Crippen molar-refractivity contribution < 1.29 is 8.42 Å². The van der Waals surface area contributed by atoms with E-state index >= 15 is 0 Å². The van der Waals surface area contributed by atoms with Gasteiger partial charge in [-0.3, -0.25) is 5.10 Å². The molecule has 1 saturated carbocycles. The molecule has 6 nitrogen and oxygen atoms in total. The highest BCUT2D eigenvalue weighted by Crippen LogP contribution is 2.45. The van der Waals surface area contributed by atoms with Gasteiger partial charge >= 0.3 is 0 Å². The maximum Gasteiger partial charge on any atom is 0.258 e. The normalized spacial score (nSPS) is 21.5. The first-order chi connectivity index (χ1) is 8.87. The van der Waals surface area contributed by atoms with Gasteiger partial charge in [0.25, 0.3) is 10.0 Å². The fourth-order valence-corrected chi connectivity index (χ4v) is 3.51. The van der Waals surface area contributed by atoms with E-state index in [1.807, 2.05) is 0 Å². The van der Waals surface area contributed by atoms with Gasteiger partial charge in [0.05, 0.1) is 6.20 Å². The lowest BCUT2D eigenvalue weighted by Crippen LogP contribution is -2.30. The quantitative estimate of drug-likeness (QED) is 0.652. The van der Waals surface area contributed by atoms with Crippen LogP contribution in [0.4, 0.5) is 0 Å². The number of sulfonamides is 1. The predicted octanol–water partition coefficient (Wildman–Crippen LogP) is 0.986. The maximum absolute atomic E-state index is 12.3. The van der Waals surface area contributed by atoms with Crippen LogP contribution >= 0.6 is 0 Å². The van der Waals surface area contributed by atoms with E-state index in [1.165, 1.54) is 0 Å². The Morgan fingerprint density at radius 1 is 1.53 bits per heavy atom. The number of aromatic nitrogens is 2. The molecule has 1 atom stereocenters. The minimum Gasteiger partial charge on any atom is -0.313 e. The zero-order chi connectivity index (χ0) is 14.1. The summed E-state index contributed by atoms with van der Waals surface area (Å²) in [5.74, 6) is 0. The molecule has 3 N–H and O–H groups in total. The Morgan fingerprint density at radius 3 is 2.79 bits per heavy atom. The number of H-pyrrole nitrogens is 1. The first-order valence-electron chi connectivity index (χ1n) is 6.62. The molecule has 1 heterocycles. The minimum absolute atomic E-state index is 0.0252. The van der Waals surface area contributed by atoms with Crippen LogP contribution in [0, 0.1) is 5.41 Å². The maximum atomic E-state index is 12.3. The second kappa shape index (κ2) is 5.22. The predicted molar refractivity (Wildman–Crippen MR) is 73.1 cm³/mol. The Balaban J connectivity index is 2.06. The molecule has 1 aliphatic carbocycles. The van der Waals surface area contributed by atoms with Crippen LogP contribution in [0.25, 0.3) is 0 Å². The molecule has 0 spiro atoms. The molecular weight excluding hydrogens is 264 g/mol. The molecule has 19 heavy (non-hydrogen) atoms. The number of nitrogens with one attached hydrogen (secondary N) is 3. The third-order valence-corrected chi connectivity index (χ3v) is 4.99. The van der Waals surface area contributed by atoms with E-state index in [-0.39, 0.29) is 16.5 Å². The number of rotatable bonds is 7. The third kappa shape index (κ3) is 3.34. The van der Waals surface area contributed by atoms with Crippen molar-refractivity contribution in [3.05, 3.63) is 11.8 Å². The molecule has 0 amide bonds. The van der Waals surface area contributed by atoms with Crippen molar-refractivity contribution in [3.63, 3.8) is 0 Å². The van der Waals surface area contributed by atoms with E-state index in [0.717, 1.165) is 19.4 Å². The number of aromatic amines is 1. The number of hydrogen-bond donors (Lipinski definition) is 3. The summed E-state index contributed by atoms with van der Waals surface area (Å²) in [4.78, 5) is 0. The van der Waals surface area contributed by atoms with Crippen LogP contribution < -0.4 is 10.0 Å². The van der Waals surface area contributed by atoms with Gasteiger partial charge in [-0.2, -0.15) is 5.10 Å². The van der Waals surface area contributed by atoms with Gasteiger partial charge in [0.1, 0.15) is 0 Å². The monoisotopic (exact) mass is 286 g/mol. The SMILES string of the molecule is CCCNCc1cn[nH]c1S(=O)(=O)NC1CC1(C)C. The standard InChI is InChI=1S/C12H22N4O2S/c1-4-5-13-7-9-8-14-15-11(9)19(17,18)16-10-6-12(10,2)3/h8,10,13,16H,4-7H2,1-3H3,(H,14,15). The lowest BCUT2D eigenvalue weighted by atomic mass is 10.2. The minimum atomic E-state index is -3.50. The lowest BCUT2D eigenvalue weighted by molar-refractivity contribution is 0.550. The molecule has 0 bridgehead atoms. The molecular formula is C12H22N4O2S. The van der Waals surface area contributed by atoms with Crippen LogP contribution in [0.1, 0.15) is 39.2 Å². The third-order valence-electron chi connectivity index (χ3n) is 3.50. The largest absolute Gasteiger partial charge is 0.313 e. The van der Waals surface area contributed by atoms with Gasteiger partial charge in [-0.15, -0.1) is 0 Å². The molecule has 1 aromatic heterocycles. The van der Waals surface area contributed by atoms with Crippen LogP contribution in [0.3, 0.4) is 0 Å². The van der Waals surface area contributed by atoms with Crippen LogP contribution in [-0.4, -0.2) is 31.2 Å². The van der Waals surface area contributed by atoms with Gasteiger partial charge in [0, 0.05) is 18.2 Å². The van der Waals surface area contributed by atoms with Gasteiger partial charge in [-0.25, -0.2) is 13.1 Å². The Bertz CT molecular complexity index is 536. The van der Waals surface area contributed by atoms with Crippen LogP contribution in [0.15, 0.2) is 11.2 Å². The molecule has 1 aromatic rings. The highest BCUT2D eigenvalue weighted by molar-refractivity contribution is 7.89. The van der Waals surface area contributed by atoms with Gasteiger partial charge in [-0.1, -0.05) is 20.8 Å². The Kier molecular flexibility index (Phi) is 3.98. The molecule has 1 unspecified atom stereocenters. The van der Waals surface area contributed by atoms with Crippen molar-refractivity contribution in [3.8, 4) is 0 Å². The molecule has 7 heteroatoms. The van der Waals surface area contributed by atoms with E-state index in [9.17, 15) is 8.42 Å². The van der Waals surface area contributed by atoms with Crippen molar-refractivity contribution in [2.24, 2.45) is 5.41 Å². The zero-order valence-corrected chi connectivity index (χ0v) is 12.5. The van der Waals surface area contributed by atoms with E-state index in [1.54, 1.807) is 6.20 Å². The molecule has 0 aliphatic heterocycles. The molecule has 0 radical (unpaired) electrons. The molecule has 108 valence electrons. The summed E-state index contributed by atoms with van der Waals surface area (Å²) in [6, 6.07) is 0.0252. The molecule has 1 aliphatic rings. The summed E-state index contributed by atoms with van der Waals surface area (Å²) >= 11 is 0. The summed E-state index contributed by atoms with van der Waals surface area (Å²) in [7, 11) is -3.50. The van der Waals surface area contributed by atoms with E-state index < -0.39 is 10.0 Å². The first-order valence-corrected chi connectivity index (χ1v) is 8.10. The van der Waals surface area contributed by atoms with Crippen molar-refractivity contribution in [2.45, 2.75) is 51.2 Å². The average molecular weight is 286 g/mol. The number of nitrogens with zero attached hydrogens (tertiary/aromatic N) is 1. The molecule has 2 rings (SSSR count). The van der Waals surface area contributed by atoms with Crippen molar-refractivity contribution >= 4 is 10.0 Å². The summed E-state index contributed by atoms with van der Waals surface area (Å²) in [5, 5.41) is 9.80. The highest BCUT2D eigenvalue weighted by Gasteiger charge is 2.48. The first kappa shape index (κ1) is 14.5. The highest BCUT2D eigenvalue weighted by atomic mass is 32.2. The van der Waals surface area contributed by atoms with Crippen LogP contribution in [0.5, 0.6) is 0 Å². The fourth-order valence-electron chi connectivity index (χ4n) is 1.97. The smallest absolute Gasteiger partial charge is 0.258 e. The molecule has 0 aromatic carbocycles. The molecule has 0 saturated heterocycles. The fraction of sp³-hybridized carbons (Fsp3) is 0.750. The van der Waals surface area contributed by atoms with E-state index in [2.05, 4.69) is 41.0 Å². The van der Waals surface area contributed by atoms with Crippen molar-refractivity contribution in [1.82, 2.24) is 20.2 Å². The Labute approximate surface area is 114 Å². The lowest BCUT2D eigenvalue weighted by Gasteiger charge is -2.08. The zero-order valence-electron chi connectivity index (χ0n) is 11.7. The second-order valence-corrected chi connectivity index (χ2v) is 7.42. The summed E-state index contributed by atoms with van der Waals surface area (Å²) in [5.41, 5.74) is 0.743. The van der Waals surface area contributed by atoms with Crippen molar-refractivity contribution in [2.75, 3.05) is 6.54 Å². The summed E-state index contributed by atoms with van der Waals surface area (Å²) < 4.78 is 27.3. The number of hydrogen-bond acceptors (Lipinski definition) is 4. The van der Waals surface area contributed by atoms with Gasteiger partial charge in [0.15, 0.2) is 5.03 Å². The second-order valence-electron chi connectivity index (χ2n) is 5.77. The van der Waals surface area contributed by atoms with Crippen molar-refractivity contribution in [1.29, 1.82) is 0 Å². The van der Waals surface area contributed by atoms with Crippen LogP contribution in [-0.2, 0) is 16.6 Å². The Hall–Kier alpha value is -0.920. The molecule has 1 fully saturated rings. The summed E-state index contributed by atoms with van der Waals surface area (Å²) in [6.07, 6.45) is 3.45. The van der Waals surface area contributed by atoms with E-state index in [4.69, 9.17) is 0 Å². The summed E-state index contributed by atoms with van der Waals surface area (Å²) in [6.45, 7) is 7.53. The van der Waals surface area contributed by atoms with Gasteiger partial charge < -0.3 is 5.32 Å². The average Bonchev–Trinajstić information content (AvgIpc) is 2.76. The van der Waals surface area contributed by atoms with Gasteiger partial charge in [0.2, 0.25) is 0 Å². The topological polar surface area (TPSA) is 86.9 Å². The van der Waals surface area contributed by atoms with E-state index in [0.29, 0.717) is 12.1 Å². The van der Waals surface area contributed by atoms with Crippen LogP contribution in [0.2, 0.25) is 0 Å². The van der Waals surface area contributed by atoms with Gasteiger partial charge in [-0.05, 0) is 24.8 Å².